The molecule has 0 saturated carbocycles. The van der Waals surface area contributed by atoms with E-state index < -0.39 is 34.9 Å². The van der Waals surface area contributed by atoms with Gasteiger partial charge in [-0.2, -0.15) is 0 Å². The largest absolute Gasteiger partial charge is 0.479 e. The number of aliphatic carboxylic acids is 1. The minimum atomic E-state index is -1.53. The number of carboxylic acids is 1. The van der Waals surface area contributed by atoms with E-state index in [9.17, 15) is 23.5 Å². The fourth-order valence-electron chi connectivity index (χ4n) is 3.37. The van der Waals surface area contributed by atoms with Crippen LogP contribution in [0.3, 0.4) is 0 Å². The van der Waals surface area contributed by atoms with Crippen molar-refractivity contribution in [3.63, 3.8) is 0 Å². The SMILES string of the molecule is Cn1c(C(OC(C)(C)C)C(=O)O)c(-c2cc(F)cc(F)c2)c2ccccc2c1=O. The maximum absolute atomic E-state index is 14.0. The average molecular weight is 401 g/mol. The van der Waals surface area contributed by atoms with E-state index in [-0.39, 0.29) is 16.8 Å². The number of nitrogens with zero attached hydrogens (tertiary/aromatic N) is 1. The van der Waals surface area contributed by atoms with E-state index in [0.717, 1.165) is 18.2 Å². The van der Waals surface area contributed by atoms with Gasteiger partial charge in [0.1, 0.15) is 11.6 Å². The molecule has 1 aromatic heterocycles. The van der Waals surface area contributed by atoms with Gasteiger partial charge in [-0.25, -0.2) is 13.6 Å². The van der Waals surface area contributed by atoms with Crippen LogP contribution in [0.25, 0.3) is 21.9 Å². The molecular formula is C22H21F2NO4. The number of benzene rings is 2. The monoisotopic (exact) mass is 401 g/mol. The van der Waals surface area contributed by atoms with Crippen molar-refractivity contribution < 1.29 is 23.4 Å². The molecule has 0 fully saturated rings. The molecule has 29 heavy (non-hydrogen) atoms. The first-order chi connectivity index (χ1) is 13.5. The molecule has 5 nitrogen and oxygen atoms in total. The molecule has 3 rings (SSSR count). The highest BCUT2D eigenvalue weighted by molar-refractivity contribution is 5.98. The lowest BCUT2D eigenvalue weighted by Gasteiger charge is -2.28. The number of rotatable bonds is 4. The fraction of sp³-hybridized carbons (Fsp3) is 0.273. The van der Waals surface area contributed by atoms with Gasteiger partial charge >= 0.3 is 5.97 Å². The maximum atomic E-state index is 14.0. The van der Waals surface area contributed by atoms with Gasteiger partial charge in [-0.1, -0.05) is 18.2 Å². The topological polar surface area (TPSA) is 68.5 Å². The fourth-order valence-corrected chi connectivity index (χ4v) is 3.37. The van der Waals surface area contributed by atoms with E-state index in [1.807, 2.05) is 0 Å². The summed E-state index contributed by atoms with van der Waals surface area (Å²) in [5, 5.41) is 10.6. The van der Waals surface area contributed by atoms with Crippen LogP contribution < -0.4 is 5.56 Å². The molecule has 152 valence electrons. The molecule has 3 aromatic rings. The minimum Gasteiger partial charge on any atom is -0.479 e. The molecule has 7 heteroatoms. The first-order valence-electron chi connectivity index (χ1n) is 8.98. The number of ether oxygens (including phenoxy) is 1. The summed E-state index contributed by atoms with van der Waals surface area (Å²) in [5.74, 6) is -2.94. The molecule has 1 unspecified atom stereocenters. The summed E-state index contributed by atoms with van der Waals surface area (Å²) in [6.07, 6.45) is -1.53. The molecule has 0 amide bonds. The van der Waals surface area contributed by atoms with Gasteiger partial charge in [0.05, 0.1) is 11.3 Å². The van der Waals surface area contributed by atoms with Crippen LogP contribution in [0.1, 0.15) is 32.6 Å². The second-order valence-corrected chi connectivity index (χ2v) is 7.78. The Hall–Kier alpha value is -3.06. The van der Waals surface area contributed by atoms with Gasteiger partial charge in [-0.3, -0.25) is 4.79 Å². The standard InChI is InChI=1S/C22H21F2NO4/c1-22(2,3)29-19(21(27)28)18-17(12-9-13(23)11-14(24)10-12)15-7-5-6-8-16(15)20(26)25(18)4/h5-11,19H,1-4H3,(H,27,28). The Morgan fingerprint density at radius 3 is 2.14 bits per heavy atom. The number of pyridine rings is 1. The van der Waals surface area contributed by atoms with Crippen molar-refractivity contribution in [3.8, 4) is 11.1 Å². The first kappa shape index (κ1) is 20.7. The summed E-state index contributed by atoms with van der Waals surface area (Å²) in [6, 6.07) is 9.48. The molecule has 0 aliphatic rings. The van der Waals surface area contributed by atoms with Gasteiger partial charge in [0, 0.05) is 24.1 Å². The molecule has 1 N–H and O–H groups in total. The second-order valence-electron chi connectivity index (χ2n) is 7.78. The molecule has 0 spiro atoms. The van der Waals surface area contributed by atoms with Crippen LogP contribution in [-0.4, -0.2) is 21.2 Å². The van der Waals surface area contributed by atoms with Crippen molar-refractivity contribution in [1.82, 2.24) is 4.57 Å². The smallest absolute Gasteiger partial charge is 0.339 e. The maximum Gasteiger partial charge on any atom is 0.339 e. The number of carboxylic acid groups (broad SMARTS) is 1. The molecular weight excluding hydrogens is 380 g/mol. The van der Waals surface area contributed by atoms with Crippen LogP contribution in [0.2, 0.25) is 0 Å². The quantitative estimate of drug-likeness (QED) is 0.703. The molecule has 0 bridgehead atoms. The molecule has 0 saturated heterocycles. The summed E-state index contributed by atoms with van der Waals surface area (Å²) in [5.41, 5.74) is -0.915. The van der Waals surface area contributed by atoms with Crippen LogP contribution in [0, 0.1) is 11.6 Å². The lowest BCUT2D eigenvalue weighted by atomic mass is 9.94. The van der Waals surface area contributed by atoms with Crippen molar-refractivity contribution in [2.75, 3.05) is 0 Å². The molecule has 0 radical (unpaired) electrons. The molecule has 1 heterocycles. The summed E-state index contributed by atoms with van der Waals surface area (Å²) in [7, 11) is 1.42. The molecule has 2 aromatic carbocycles. The van der Waals surface area contributed by atoms with Crippen LogP contribution in [0.4, 0.5) is 8.78 Å². The van der Waals surface area contributed by atoms with Crippen LogP contribution in [0.15, 0.2) is 47.3 Å². The van der Waals surface area contributed by atoms with E-state index in [0.29, 0.717) is 10.8 Å². The van der Waals surface area contributed by atoms with Crippen molar-refractivity contribution in [2.45, 2.75) is 32.5 Å². The van der Waals surface area contributed by atoms with E-state index >= 15 is 0 Å². The van der Waals surface area contributed by atoms with E-state index in [2.05, 4.69) is 0 Å². The lowest BCUT2D eigenvalue weighted by Crippen LogP contribution is -2.32. The van der Waals surface area contributed by atoms with Gasteiger partial charge in [0.2, 0.25) is 0 Å². The summed E-state index contributed by atoms with van der Waals surface area (Å²) < 4.78 is 34.9. The normalized spacial score (nSPS) is 12.9. The molecule has 0 aliphatic heterocycles. The first-order valence-corrected chi connectivity index (χ1v) is 8.98. The molecule has 0 aliphatic carbocycles. The number of hydrogen-bond donors (Lipinski definition) is 1. The Morgan fingerprint density at radius 1 is 1.07 bits per heavy atom. The van der Waals surface area contributed by atoms with E-state index in [1.54, 1.807) is 45.0 Å². The number of carbonyl (C=O) groups is 1. The molecule has 1 atom stereocenters. The summed E-state index contributed by atoms with van der Waals surface area (Å²) in [4.78, 5) is 25.0. The van der Waals surface area contributed by atoms with Crippen LogP contribution in [-0.2, 0) is 16.6 Å². The third-order valence-electron chi connectivity index (χ3n) is 4.44. The van der Waals surface area contributed by atoms with E-state index in [1.165, 1.54) is 11.6 Å². The summed E-state index contributed by atoms with van der Waals surface area (Å²) in [6.45, 7) is 5.05. The van der Waals surface area contributed by atoms with Gasteiger partial charge < -0.3 is 14.4 Å². The Morgan fingerprint density at radius 2 is 1.62 bits per heavy atom. The number of aromatic nitrogens is 1. The minimum absolute atomic E-state index is 0.0149. The Kier molecular flexibility index (Phi) is 5.28. The average Bonchev–Trinajstić information content (AvgIpc) is 2.61. The highest BCUT2D eigenvalue weighted by atomic mass is 19.1. The van der Waals surface area contributed by atoms with Gasteiger partial charge in [0.15, 0.2) is 6.10 Å². The summed E-state index contributed by atoms with van der Waals surface area (Å²) >= 11 is 0. The van der Waals surface area contributed by atoms with Crippen LogP contribution in [0.5, 0.6) is 0 Å². The van der Waals surface area contributed by atoms with Gasteiger partial charge in [-0.05, 0) is 49.9 Å². The zero-order valence-corrected chi connectivity index (χ0v) is 16.5. The van der Waals surface area contributed by atoms with Gasteiger partial charge in [-0.15, -0.1) is 0 Å². The zero-order valence-electron chi connectivity index (χ0n) is 16.5. The number of hydrogen-bond acceptors (Lipinski definition) is 3. The highest BCUT2D eigenvalue weighted by Crippen LogP contribution is 2.37. The lowest BCUT2D eigenvalue weighted by molar-refractivity contribution is -0.161. The number of fused-ring (bicyclic) bond motifs is 1. The van der Waals surface area contributed by atoms with Crippen molar-refractivity contribution >= 4 is 16.7 Å². The van der Waals surface area contributed by atoms with E-state index in [4.69, 9.17) is 4.74 Å². The predicted octanol–water partition coefficient (Wildman–Crippen LogP) is 4.42. The Labute approximate surface area is 166 Å². The second kappa shape index (κ2) is 7.40. The Bertz CT molecular complexity index is 1140. The number of halogens is 2. The van der Waals surface area contributed by atoms with Crippen LogP contribution >= 0.6 is 0 Å². The van der Waals surface area contributed by atoms with Crippen molar-refractivity contribution in [3.05, 3.63) is 70.1 Å². The van der Waals surface area contributed by atoms with Crippen molar-refractivity contribution in [2.24, 2.45) is 7.05 Å². The predicted molar refractivity (Wildman–Crippen MR) is 106 cm³/mol. The third kappa shape index (κ3) is 4.05. The third-order valence-corrected chi connectivity index (χ3v) is 4.44. The highest BCUT2D eigenvalue weighted by Gasteiger charge is 2.33. The van der Waals surface area contributed by atoms with Gasteiger partial charge in [0.25, 0.3) is 5.56 Å². The van der Waals surface area contributed by atoms with Crippen molar-refractivity contribution in [1.29, 1.82) is 0 Å². The Balaban J connectivity index is 2.50. The zero-order chi connectivity index (χ0) is 21.5.